The van der Waals surface area contributed by atoms with E-state index in [0.29, 0.717) is 9.47 Å². The Morgan fingerprint density at radius 3 is 2.50 bits per heavy atom. The molecular formula is C7H9BrF3N3S2. The number of rotatable bonds is 4. The van der Waals surface area contributed by atoms with E-state index < -0.39 is 11.0 Å². The first-order valence-corrected chi connectivity index (χ1v) is 6.87. The fraction of sp³-hybridized carbons (Fsp3) is 0.714. The van der Waals surface area contributed by atoms with E-state index in [2.05, 4.69) is 26.1 Å². The summed E-state index contributed by atoms with van der Waals surface area (Å²) in [5.74, 6) is -0.106. The molecule has 0 aliphatic rings. The van der Waals surface area contributed by atoms with E-state index in [4.69, 9.17) is 0 Å². The predicted molar refractivity (Wildman–Crippen MR) is 63.7 cm³/mol. The fourth-order valence-electron chi connectivity index (χ4n) is 0.681. The molecule has 3 nitrogen and oxygen atoms in total. The first kappa shape index (κ1) is 14.0. The summed E-state index contributed by atoms with van der Waals surface area (Å²) < 4.78 is 37.1. The van der Waals surface area contributed by atoms with Gasteiger partial charge >= 0.3 is 6.18 Å². The molecular weight excluding hydrogens is 327 g/mol. The van der Waals surface area contributed by atoms with Gasteiger partial charge in [0.15, 0.2) is 4.34 Å². The number of hydrogen-bond donors (Lipinski definition) is 0. The lowest BCUT2D eigenvalue weighted by Gasteiger charge is -2.11. The number of anilines is 1. The van der Waals surface area contributed by atoms with Gasteiger partial charge in [0, 0.05) is 19.8 Å². The highest BCUT2D eigenvalue weighted by Crippen LogP contribution is 2.33. The summed E-state index contributed by atoms with van der Waals surface area (Å²) in [6, 6.07) is 0. The molecule has 0 spiro atoms. The number of halogens is 4. The summed E-state index contributed by atoms with van der Waals surface area (Å²) in [5.41, 5.74) is 0. The molecule has 0 saturated heterocycles. The van der Waals surface area contributed by atoms with Crippen molar-refractivity contribution in [1.29, 1.82) is 0 Å². The summed E-state index contributed by atoms with van der Waals surface area (Å²) in [7, 11) is 3.61. The molecule has 1 aromatic rings. The highest BCUT2D eigenvalue weighted by Gasteiger charge is 2.37. The number of alkyl halides is 4. The molecule has 0 radical (unpaired) electrons. The quantitative estimate of drug-likeness (QED) is 0.624. The predicted octanol–water partition coefficient (Wildman–Crippen LogP) is 3.02. The van der Waals surface area contributed by atoms with Crippen LogP contribution in [-0.2, 0) is 0 Å². The zero-order valence-electron chi connectivity index (χ0n) is 8.45. The van der Waals surface area contributed by atoms with Crippen LogP contribution >= 0.6 is 39.0 Å². The smallest absolute Gasteiger partial charge is 0.353 e. The van der Waals surface area contributed by atoms with Crippen molar-refractivity contribution in [3.8, 4) is 0 Å². The topological polar surface area (TPSA) is 29.0 Å². The molecule has 1 unspecified atom stereocenters. The minimum absolute atomic E-state index is 0.106. The number of thioether (sulfide) groups is 1. The average molecular weight is 336 g/mol. The van der Waals surface area contributed by atoms with E-state index in [9.17, 15) is 13.2 Å². The van der Waals surface area contributed by atoms with E-state index in [1.807, 2.05) is 0 Å². The summed E-state index contributed by atoms with van der Waals surface area (Å²) in [5, 5.41) is 8.31. The van der Waals surface area contributed by atoms with Gasteiger partial charge in [-0.3, -0.25) is 0 Å². The highest BCUT2D eigenvalue weighted by molar-refractivity contribution is 9.09. The van der Waals surface area contributed by atoms with Crippen molar-refractivity contribution in [2.45, 2.75) is 15.3 Å². The maximum atomic E-state index is 12.2. The molecule has 0 amide bonds. The van der Waals surface area contributed by atoms with Crippen molar-refractivity contribution in [2.75, 3.05) is 24.7 Å². The highest BCUT2D eigenvalue weighted by atomic mass is 79.9. The monoisotopic (exact) mass is 335 g/mol. The van der Waals surface area contributed by atoms with Crippen molar-refractivity contribution in [2.24, 2.45) is 0 Å². The Labute approximate surface area is 108 Å². The first-order valence-electron chi connectivity index (χ1n) is 4.15. The molecule has 0 aliphatic heterocycles. The third kappa shape index (κ3) is 4.10. The van der Waals surface area contributed by atoms with E-state index in [1.165, 1.54) is 11.3 Å². The minimum Gasteiger partial charge on any atom is -0.353 e. The van der Waals surface area contributed by atoms with Crippen LogP contribution in [0.15, 0.2) is 4.34 Å². The molecule has 0 bridgehead atoms. The van der Waals surface area contributed by atoms with Crippen molar-refractivity contribution in [1.82, 2.24) is 10.2 Å². The Morgan fingerprint density at radius 2 is 2.06 bits per heavy atom. The van der Waals surface area contributed by atoms with Crippen LogP contribution in [-0.4, -0.2) is 41.0 Å². The Hall–Kier alpha value is -0.0200. The molecule has 0 fully saturated rings. The maximum Gasteiger partial charge on any atom is 0.402 e. The lowest BCUT2D eigenvalue weighted by atomic mass is 10.5. The Balaban J connectivity index is 2.49. The lowest BCUT2D eigenvalue weighted by Crippen LogP contribution is -2.24. The van der Waals surface area contributed by atoms with Crippen LogP contribution in [0, 0.1) is 0 Å². The molecule has 1 heterocycles. The Morgan fingerprint density at radius 1 is 1.44 bits per heavy atom. The number of aromatic nitrogens is 2. The zero-order chi connectivity index (χ0) is 12.3. The standard InChI is InChI=1S/C7H9BrF3N3S2/c1-14(2)5-12-13-6(16-5)15-3-4(8)7(9,10)11/h4H,3H2,1-2H3. The van der Waals surface area contributed by atoms with Crippen molar-refractivity contribution in [3.63, 3.8) is 0 Å². The van der Waals surface area contributed by atoms with Crippen LogP contribution in [0.1, 0.15) is 0 Å². The van der Waals surface area contributed by atoms with E-state index in [-0.39, 0.29) is 5.75 Å². The summed E-state index contributed by atoms with van der Waals surface area (Å²) in [4.78, 5) is 0.244. The summed E-state index contributed by atoms with van der Waals surface area (Å²) in [6.07, 6.45) is -4.22. The second kappa shape index (κ2) is 5.54. The van der Waals surface area contributed by atoms with Crippen LogP contribution in [0.25, 0.3) is 0 Å². The normalized spacial score (nSPS) is 13.9. The average Bonchev–Trinajstić information content (AvgIpc) is 2.60. The summed E-state index contributed by atoms with van der Waals surface area (Å²) in [6.45, 7) is 0. The van der Waals surface area contributed by atoms with Gasteiger partial charge < -0.3 is 4.90 Å². The zero-order valence-corrected chi connectivity index (χ0v) is 11.7. The van der Waals surface area contributed by atoms with E-state index in [1.54, 1.807) is 19.0 Å². The van der Waals surface area contributed by atoms with Crippen LogP contribution in [0.3, 0.4) is 0 Å². The Bertz CT molecular complexity index is 342. The van der Waals surface area contributed by atoms with Gasteiger partial charge in [-0.1, -0.05) is 39.0 Å². The molecule has 1 atom stereocenters. The second-order valence-electron chi connectivity index (χ2n) is 3.07. The third-order valence-corrected chi connectivity index (χ3v) is 5.08. The third-order valence-electron chi connectivity index (χ3n) is 1.49. The maximum absolute atomic E-state index is 12.2. The number of nitrogens with zero attached hydrogens (tertiary/aromatic N) is 3. The molecule has 0 N–H and O–H groups in total. The molecule has 1 rings (SSSR count). The summed E-state index contributed by atoms with van der Waals surface area (Å²) >= 11 is 4.91. The van der Waals surface area contributed by atoms with Gasteiger partial charge in [0.1, 0.15) is 4.83 Å². The van der Waals surface area contributed by atoms with Gasteiger partial charge in [0.2, 0.25) is 5.13 Å². The molecule has 0 aliphatic carbocycles. The first-order chi connectivity index (χ1) is 7.30. The Kier molecular flexibility index (Phi) is 4.87. The van der Waals surface area contributed by atoms with Gasteiger partial charge in [-0.05, 0) is 0 Å². The fourth-order valence-corrected chi connectivity index (χ4v) is 2.82. The van der Waals surface area contributed by atoms with E-state index >= 15 is 0 Å². The number of hydrogen-bond acceptors (Lipinski definition) is 5. The van der Waals surface area contributed by atoms with Gasteiger partial charge in [0.05, 0.1) is 0 Å². The largest absolute Gasteiger partial charge is 0.402 e. The van der Waals surface area contributed by atoms with E-state index in [0.717, 1.165) is 11.8 Å². The lowest BCUT2D eigenvalue weighted by molar-refractivity contribution is -0.122. The van der Waals surface area contributed by atoms with Crippen molar-refractivity contribution >= 4 is 44.2 Å². The van der Waals surface area contributed by atoms with Crippen molar-refractivity contribution in [3.05, 3.63) is 0 Å². The van der Waals surface area contributed by atoms with Gasteiger partial charge in [-0.25, -0.2) is 0 Å². The minimum atomic E-state index is -4.22. The van der Waals surface area contributed by atoms with Crippen LogP contribution in [0.2, 0.25) is 0 Å². The molecule has 0 saturated carbocycles. The SMILES string of the molecule is CN(C)c1nnc(SCC(Br)C(F)(F)F)s1. The van der Waals surface area contributed by atoms with Crippen LogP contribution in [0.5, 0.6) is 0 Å². The molecule has 9 heteroatoms. The van der Waals surface area contributed by atoms with Gasteiger partial charge in [-0.2, -0.15) is 13.2 Å². The van der Waals surface area contributed by atoms with Crippen LogP contribution < -0.4 is 4.90 Å². The van der Waals surface area contributed by atoms with Crippen LogP contribution in [0.4, 0.5) is 18.3 Å². The van der Waals surface area contributed by atoms with Crippen molar-refractivity contribution < 1.29 is 13.2 Å². The molecule has 16 heavy (non-hydrogen) atoms. The molecule has 92 valence electrons. The molecule has 1 aromatic heterocycles. The second-order valence-corrected chi connectivity index (χ2v) is 6.39. The van der Waals surface area contributed by atoms with Gasteiger partial charge in [0.25, 0.3) is 0 Å². The van der Waals surface area contributed by atoms with Gasteiger partial charge in [-0.15, -0.1) is 10.2 Å². The molecule has 0 aromatic carbocycles.